The molecular weight excluding hydrogens is 925 g/mol. The average molecular weight is 1060 g/mol. The largest absolute Gasteiger partial charge is 0.462 e. The molecule has 0 spiro atoms. The van der Waals surface area contributed by atoms with Crippen LogP contribution in [-0.4, -0.2) is 37.2 Å². The number of carbonyl (C=O) groups excluding carboxylic acids is 3. The van der Waals surface area contributed by atoms with Crippen LogP contribution in [0.15, 0.2) is 12.2 Å². The fourth-order valence-electron chi connectivity index (χ4n) is 10.6. The molecule has 0 saturated heterocycles. The molecule has 0 rings (SSSR count). The SMILES string of the molecule is CCCCCCCCCC/C=C\CCCCCCCCCCCCCCCC(=O)OCC(COC(=O)CCCCCCCCCCCCCCCCCC)OC(=O)CCCCCCCCCCCCCCCCCC. The quantitative estimate of drug-likeness (QED) is 0.0261. The molecular formula is C69H132O6. The van der Waals surface area contributed by atoms with Crippen molar-refractivity contribution in [3.8, 4) is 0 Å². The predicted octanol–water partition coefficient (Wildman–Crippen LogP) is 23.2. The molecule has 0 aliphatic heterocycles. The summed E-state index contributed by atoms with van der Waals surface area (Å²) < 4.78 is 17.0. The van der Waals surface area contributed by atoms with Crippen LogP contribution in [0.1, 0.15) is 393 Å². The van der Waals surface area contributed by atoms with Gasteiger partial charge in [-0.3, -0.25) is 14.4 Å². The molecule has 0 aliphatic rings. The van der Waals surface area contributed by atoms with Gasteiger partial charge in [0.15, 0.2) is 6.10 Å². The third-order valence-corrected chi connectivity index (χ3v) is 15.8. The number of esters is 3. The Kier molecular flexibility index (Phi) is 63.1. The van der Waals surface area contributed by atoms with Gasteiger partial charge in [-0.15, -0.1) is 0 Å². The van der Waals surface area contributed by atoms with Gasteiger partial charge in [-0.1, -0.05) is 341 Å². The molecule has 6 nitrogen and oxygen atoms in total. The highest BCUT2D eigenvalue weighted by Crippen LogP contribution is 2.19. The van der Waals surface area contributed by atoms with Crippen molar-refractivity contribution >= 4 is 17.9 Å². The summed E-state index contributed by atoms with van der Waals surface area (Å²) >= 11 is 0. The first-order chi connectivity index (χ1) is 37.0. The van der Waals surface area contributed by atoms with E-state index in [0.717, 1.165) is 57.8 Å². The number of rotatable bonds is 64. The maximum absolute atomic E-state index is 12.9. The number of unbranched alkanes of at least 4 members (excludes halogenated alkanes) is 51. The molecule has 0 bridgehead atoms. The van der Waals surface area contributed by atoms with E-state index in [4.69, 9.17) is 14.2 Å². The highest BCUT2D eigenvalue weighted by molar-refractivity contribution is 5.71. The van der Waals surface area contributed by atoms with E-state index in [2.05, 4.69) is 32.9 Å². The number of allylic oxidation sites excluding steroid dienone is 2. The molecule has 0 aromatic rings. The topological polar surface area (TPSA) is 78.9 Å². The van der Waals surface area contributed by atoms with Crippen LogP contribution in [0, 0.1) is 0 Å². The van der Waals surface area contributed by atoms with Crippen molar-refractivity contribution in [1.29, 1.82) is 0 Å². The first-order valence-corrected chi connectivity index (χ1v) is 34.2. The summed E-state index contributed by atoms with van der Waals surface area (Å²) in [7, 11) is 0. The molecule has 6 heteroatoms. The molecule has 0 fully saturated rings. The molecule has 0 aromatic heterocycles. The first kappa shape index (κ1) is 73.2. The smallest absolute Gasteiger partial charge is 0.306 e. The van der Waals surface area contributed by atoms with Crippen LogP contribution in [0.5, 0.6) is 0 Å². The third kappa shape index (κ3) is 62.9. The Balaban J connectivity index is 4.23. The molecule has 0 N–H and O–H groups in total. The average Bonchev–Trinajstić information content (AvgIpc) is 3.41. The standard InChI is InChI=1S/C69H132O6/c1-4-7-10-13-16-19-22-25-28-31-32-33-34-35-36-37-38-39-42-44-47-50-53-56-59-62-68(71)74-65-66(75-69(72)63-60-57-54-51-48-45-41-30-27-24-21-18-15-12-9-6-3)64-73-67(70)61-58-55-52-49-46-43-40-29-26-23-20-17-14-11-8-5-2/h31-32,66H,4-30,33-65H2,1-3H3/b32-31-. The Morgan fingerprint density at radius 1 is 0.253 bits per heavy atom. The minimum Gasteiger partial charge on any atom is -0.462 e. The summed E-state index contributed by atoms with van der Waals surface area (Å²) in [6, 6.07) is 0. The number of hydrogen-bond donors (Lipinski definition) is 0. The minimum atomic E-state index is -0.765. The highest BCUT2D eigenvalue weighted by atomic mass is 16.6. The summed E-state index contributed by atoms with van der Waals surface area (Å²) in [6.45, 7) is 6.73. The van der Waals surface area contributed by atoms with Crippen molar-refractivity contribution in [2.45, 2.75) is 399 Å². The van der Waals surface area contributed by atoms with Crippen LogP contribution in [0.3, 0.4) is 0 Å². The van der Waals surface area contributed by atoms with E-state index in [-0.39, 0.29) is 31.1 Å². The zero-order chi connectivity index (χ0) is 54.3. The first-order valence-electron chi connectivity index (χ1n) is 34.2. The zero-order valence-electron chi connectivity index (χ0n) is 51.1. The normalized spacial score (nSPS) is 12.0. The minimum absolute atomic E-state index is 0.0625. The second kappa shape index (κ2) is 64.7. The van der Waals surface area contributed by atoms with Crippen molar-refractivity contribution < 1.29 is 28.6 Å². The number of carbonyl (C=O) groups is 3. The van der Waals surface area contributed by atoms with Gasteiger partial charge in [-0.25, -0.2) is 0 Å². The van der Waals surface area contributed by atoms with Crippen molar-refractivity contribution in [1.82, 2.24) is 0 Å². The molecule has 1 atom stereocenters. The monoisotopic (exact) mass is 1060 g/mol. The molecule has 0 amide bonds. The summed E-state index contributed by atoms with van der Waals surface area (Å²) in [5.74, 6) is -0.828. The van der Waals surface area contributed by atoms with Crippen molar-refractivity contribution in [3.63, 3.8) is 0 Å². The Hall–Kier alpha value is -1.85. The predicted molar refractivity (Wildman–Crippen MR) is 326 cm³/mol. The molecule has 0 radical (unpaired) electrons. The maximum atomic E-state index is 12.9. The Morgan fingerprint density at radius 2 is 0.440 bits per heavy atom. The van der Waals surface area contributed by atoms with Gasteiger partial charge < -0.3 is 14.2 Å². The summed E-state index contributed by atoms with van der Waals surface area (Å²) in [4.78, 5) is 38.4. The van der Waals surface area contributed by atoms with Crippen LogP contribution in [-0.2, 0) is 28.6 Å². The van der Waals surface area contributed by atoms with Crippen LogP contribution >= 0.6 is 0 Å². The van der Waals surface area contributed by atoms with Gasteiger partial charge >= 0.3 is 17.9 Å². The fourth-order valence-corrected chi connectivity index (χ4v) is 10.6. The Morgan fingerprint density at radius 3 is 0.667 bits per heavy atom. The number of ether oxygens (including phenoxy) is 3. The van der Waals surface area contributed by atoms with E-state index < -0.39 is 6.10 Å². The second-order valence-electron chi connectivity index (χ2n) is 23.5. The van der Waals surface area contributed by atoms with Gasteiger partial charge in [0.05, 0.1) is 0 Å². The lowest BCUT2D eigenvalue weighted by molar-refractivity contribution is -0.167. The Bertz CT molecular complexity index is 1170. The van der Waals surface area contributed by atoms with E-state index in [9.17, 15) is 14.4 Å². The highest BCUT2D eigenvalue weighted by Gasteiger charge is 2.19. The van der Waals surface area contributed by atoms with Gasteiger partial charge in [0, 0.05) is 19.3 Å². The lowest BCUT2D eigenvalue weighted by Gasteiger charge is -2.18. The summed E-state index contributed by atoms with van der Waals surface area (Å²) in [5, 5.41) is 0. The second-order valence-corrected chi connectivity index (χ2v) is 23.5. The van der Waals surface area contributed by atoms with E-state index in [1.165, 1.54) is 295 Å². The van der Waals surface area contributed by atoms with Crippen LogP contribution in [0.25, 0.3) is 0 Å². The van der Waals surface area contributed by atoms with Crippen molar-refractivity contribution in [3.05, 3.63) is 12.2 Å². The maximum Gasteiger partial charge on any atom is 0.306 e. The molecule has 75 heavy (non-hydrogen) atoms. The van der Waals surface area contributed by atoms with Gasteiger partial charge in [-0.2, -0.15) is 0 Å². The van der Waals surface area contributed by atoms with Gasteiger partial charge in [0.25, 0.3) is 0 Å². The molecule has 0 saturated carbocycles. The van der Waals surface area contributed by atoms with E-state index in [0.29, 0.717) is 19.3 Å². The Labute approximate surface area is 469 Å². The zero-order valence-corrected chi connectivity index (χ0v) is 51.1. The number of hydrogen-bond acceptors (Lipinski definition) is 6. The molecule has 0 aromatic carbocycles. The van der Waals surface area contributed by atoms with E-state index in [1.54, 1.807) is 0 Å². The van der Waals surface area contributed by atoms with Gasteiger partial charge in [-0.05, 0) is 44.9 Å². The van der Waals surface area contributed by atoms with Crippen LogP contribution in [0.4, 0.5) is 0 Å². The molecule has 0 heterocycles. The summed E-state index contributed by atoms with van der Waals surface area (Å²) in [6.07, 6.45) is 76.6. The van der Waals surface area contributed by atoms with Crippen molar-refractivity contribution in [2.24, 2.45) is 0 Å². The van der Waals surface area contributed by atoms with Crippen LogP contribution in [0.2, 0.25) is 0 Å². The molecule has 1 unspecified atom stereocenters. The summed E-state index contributed by atoms with van der Waals surface area (Å²) in [5.41, 5.74) is 0. The lowest BCUT2D eigenvalue weighted by atomic mass is 10.0. The lowest BCUT2D eigenvalue weighted by Crippen LogP contribution is -2.30. The molecule has 444 valence electrons. The third-order valence-electron chi connectivity index (χ3n) is 15.8. The molecule has 0 aliphatic carbocycles. The van der Waals surface area contributed by atoms with Crippen molar-refractivity contribution in [2.75, 3.05) is 13.2 Å². The van der Waals surface area contributed by atoms with Gasteiger partial charge in [0.2, 0.25) is 0 Å². The van der Waals surface area contributed by atoms with Crippen LogP contribution < -0.4 is 0 Å². The van der Waals surface area contributed by atoms with E-state index >= 15 is 0 Å². The fraction of sp³-hybridized carbons (Fsp3) is 0.928. The van der Waals surface area contributed by atoms with E-state index in [1.807, 2.05) is 0 Å². The van der Waals surface area contributed by atoms with Gasteiger partial charge in [0.1, 0.15) is 13.2 Å².